The van der Waals surface area contributed by atoms with Gasteiger partial charge in [-0.15, -0.1) is 0 Å². The van der Waals surface area contributed by atoms with Crippen molar-refractivity contribution in [2.24, 2.45) is 5.41 Å². The second-order valence-electron chi connectivity index (χ2n) is 7.68. The van der Waals surface area contributed by atoms with E-state index in [-0.39, 0.29) is 5.91 Å². The lowest BCUT2D eigenvalue weighted by molar-refractivity contribution is -0.124. The van der Waals surface area contributed by atoms with Gasteiger partial charge in [0.1, 0.15) is 0 Å². The molecule has 0 atom stereocenters. The molecule has 2 aliphatic heterocycles. The molecular weight excluding hydrogens is 276 g/mol. The highest BCUT2D eigenvalue weighted by molar-refractivity contribution is 5.78. The zero-order valence-electron chi connectivity index (χ0n) is 13.9. The summed E-state index contributed by atoms with van der Waals surface area (Å²) in [5.41, 5.74) is 0.522. The summed E-state index contributed by atoms with van der Waals surface area (Å²) in [4.78, 5) is 14.7. The molecule has 0 aromatic carbocycles. The average molecular weight is 308 g/mol. The molecule has 0 unspecified atom stereocenters. The Hall–Kier alpha value is -0.610. The third-order valence-corrected chi connectivity index (χ3v) is 5.86. The summed E-state index contributed by atoms with van der Waals surface area (Å²) in [5, 5.41) is 3.21. The van der Waals surface area contributed by atoms with E-state index in [1.165, 1.54) is 51.4 Å². The number of rotatable bonds is 3. The highest BCUT2D eigenvalue weighted by atomic mass is 16.5. The molecule has 1 amide bonds. The first-order valence-corrected chi connectivity index (χ1v) is 9.35. The largest absolute Gasteiger partial charge is 0.381 e. The monoisotopic (exact) mass is 308 g/mol. The van der Waals surface area contributed by atoms with Crippen LogP contribution in [0.1, 0.15) is 64.2 Å². The summed E-state index contributed by atoms with van der Waals surface area (Å²) >= 11 is 0. The molecule has 1 aliphatic carbocycles. The van der Waals surface area contributed by atoms with E-state index in [9.17, 15) is 4.79 Å². The van der Waals surface area contributed by atoms with E-state index >= 15 is 0 Å². The minimum Gasteiger partial charge on any atom is -0.381 e. The lowest BCUT2D eigenvalue weighted by Crippen LogP contribution is -2.49. The van der Waals surface area contributed by atoms with Gasteiger partial charge in [-0.25, -0.2) is 0 Å². The lowest BCUT2D eigenvalue weighted by atomic mass is 9.74. The minimum atomic E-state index is 0.220. The van der Waals surface area contributed by atoms with E-state index in [1.807, 2.05) is 0 Å². The lowest BCUT2D eigenvalue weighted by Gasteiger charge is -2.42. The van der Waals surface area contributed by atoms with Gasteiger partial charge in [-0.05, 0) is 50.5 Å². The highest BCUT2D eigenvalue weighted by Gasteiger charge is 2.36. The van der Waals surface area contributed by atoms with Crippen LogP contribution >= 0.6 is 0 Å². The zero-order valence-corrected chi connectivity index (χ0v) is 13.9. The van der Waals surface area contributed by atoms with Crippen molar-refractivity contribution in [2.45, 2.75) is 70.3 Å². The van der Waals surface area contributed by atoms with Crippen molar-refractivity contribution in [3.05, 3.63) is 0 Å². The number of carbonyl (C=O) groups excluding carboxylic acids is 1. The molecule has 0 bridgehead atoms. The van der Waals surface area contributed by atoms with Gasteiger partial charge >= 0.3 is 0 Å². The maximum atomic E-state index is 12.3. The number of ether oxygens (including phenoxy) is 1. The number of carbonyl (C=O) groups is 1. The Morgan fingerprint density at radius 1 is 1.05 bits per heavy atom. The predicted molar refractivity (Wildman–Crippen MR) is 87.8 cm³/mol. The Balaban J connectivity index is 1.47. The highest BCUT2D eigenvalue weighted by Crippen LogP contribution is 2.42. The molecule has 3 rings (SSSR count). The van der Waals surface area contributed by atoms with Gasteiger partial charge in [0.15, 0.2) is 0 Å². The Morgan fingerprint density at radius 3 is 2.45 bits per heavy atom. The van der Waals surface area contributed by atoms with E-state index in [4.69, 9.17) is 4.74 Å². The van der Waals surface area contributed by atoms with Crippen LogP contribution in [0, 0.1) is 5.41 Å². The molecule has 2 heterocycles. The Kier molecular flexibility index (Phi) is 5.75. The average Bonchev–Trinajstić information content (AvgIpc) is 2.74. The van der Waals surface area contributed by atoms with Crippen LogP contribution in [0.2, 0.25) is 0 Å². The van der Waals surface area contributed by atoms with E-state index in [2.05, 4.69) is 10.2 Å². The molecule has 22 heavy (non-hydrogen) atoms. The van der Waals surface area contributed by atoms with Gasteiger partial charge in [-0.2, -0.15) is 0 Å². The van der Waals surface area contributed by atoms with Crippen LogP contribution in [0.4, 0.5) is 0 Å². The fourth-order valence-electron chi connectivity index (χ4n) is 4.65. The van der Waals surface area contributed by atoms with Crippen molar-refractivity contribution in [2.75, 3.05) is 32.8 Å². The normalized spacial score (nSPS) is 27.5. The number of likely N-dealkylation sites (tertiary alicyclic amines) is 1. The fourth-order valence-corrected chi connectivity index (χ4v) is 4.65. The van der Waals surface area contributed by atoms with Crippen molar-refractivity contribution in [3.8, 4) is 0 Å². The Labute approximate surface area is 135 Å². The van der Waals surface area contributed by atoms with Crippen LogP contribution in [-0.2, 0) is 9.53 Å². The van der Waals surface area contributed by atoms with Crippen LogP contribution in [0.3, 0.4) is 0 Å². The maximum Gasteiger partial charge on any atom is 0.234 e. The van der Waals surface area contributed by atoms with Crippen molar-refractivity contribution in [1.82, 2.24) is 10.2 Å². The van der Waals surface area contributed by atoms with Gasteiger partial charge < -0.3 is 10.1 Å². The molecule has 3 fully saturated rings. The SMILES string of the molecule is O=C(CN1CCCC2(CCCCCC2)C1)NC1CCOCC1. The smallest absolute Gasteiger partial charge is 0.234 e. The Bertz CT molecular complexity index is 358. The van der Waals surface area contributed by atoms with E-state index < -0.39 is 0 Å². The third-order valence-electron chi connectivity index (χ3n) is 5.86. The standard InChI is InChI=1S/C18H32N2O2/c21-17(19-16-6-12-22-13-7-16)14-20-11-5-10-18(15-20)8-3-1-2-4-9-18/h16H,1-15H2,(H,19,21). The Morgan fingerprint density at radius 2 is 1.73 bits per heavy atom. The number of piperidine rings is 1. The van der Waals surface area contributed by atoms with E-state index in [1.54, 1.807) is 0 Å². The number of hydrogen-bond acceptors (Lipinski definition) is 3. The molecule has 126 valence electrons. The minimum absolute atomic E-state index is 0.220. The van der Waals surface area contributed by atoms with Gasteiger partial charge in [-0.1, -0.05) is 25.7 Å². The molecule has 0 aromatic rings. The molecule has 0 radical (unpaired) electrons. The third kappa shape index (κ3) is 4.45. The first-order valence-electron chi connectivity index (χ1n) is 9.35. The molecule has 1 spiro atoms. The molecule has 2 saturated heterocycles. The van der Waals surface area contributed by atoms with Crippen LogP contribution < -0.4 is 5.32 Å². The first kappa shape index (κ1) is 16.3. The quantitative estimate of drug-likeness (QED) is 0.871. The summed E-state index contributed by atoms with van der Waals surface area (Å²) < 4.78 is 5.36. The zero-order chi connectivity index (χ0) is 15.3. The number of amides is 1. The van der Waals surface area contributed by atoms with Crippen molar-refractivity contribution in [1.29, 1.82) is 0 Å². The van der Waals surface area contributed by atoms with Gasteiger partial charge in [0.05, 0.1) is 6.54 Å². The molecule has 4 nitrogen and oxygen atoms in total. The molecule has 1 saturated carbocycles. The maximum absolute atomic E-state index is 12.3. The first-order chi connectivity index (χ1) is 10.8. The molecule has 0 aromatic heterocycles. The van der Waals surface area contributed by atoms with Crippen molar-refractivity contribution < 1.29 is 9.53 Å². The summed E-state index contributed by atoms with van der Waals surface area (Å²) in [5.74, 6) is 0.220. The van der Waals surface area contributed by atoms with Gasteiger partial charge in [0.25, 0.3) is 0 Å². The van der Waals surface area contributed by atoms with Crippen LogP contribution in [0.5, 0.6) is 0 Å². The van der Waals surface area contributed by atoms with Gasteiger partial charge in [0.2, 0.25) is 5.91 Å². The molecule has 1 N–H and O–H groups in total. The number of nitrogens with zero attached hydrogens (tertiary/aromatic N) is 1. The number of nitrogens with one attached hydrogen (secondary N) is 1. The van der Waals surface area contributed by atoms with Gasteiger partial charge in [0, 0.05) is 25.8 Å². The second kappa shape index (κ2) is 7.78. The van der Waals surface area contributed by atoms with Crippen molar-refractivity contribution >= 4 is 5.91 Å². The fraction of sp³-hybridized carbons (Fsp3) is 0.944. The summed E-state index contributed by atoms with van der Waals surface area (Å²) in [6.45, 7) is 4.42. The van der Waals surface area contributed by atoms with Crippen LogP contribution in [0.15, 0.2) is 0 Å². The summed E-state index contributed by atoms with van der Waals surface area (Å²) in [6, 6.07) is 0.331. The van der Waals surface area contributed by atoms with E-state index in [0.717, 1.165) is 39.1 Å². The summed E-state index contributed by atoms with van der Waals surface area (Å²) in [6.07, 6.45) is 12.9. The van der Waals surface area contributed by atoms with Gasteiger partial charge in [-0.3, -0.25) is 9.69 Å². The van der Waals surface area contributed by atoms with Crippen LogP contribution in [0.25, 0.3) is 0 Å². The molecule has 3 aliphatic rings. The topological polar surface area (TPSA) is 41.6 Å². The van der Waals surface area contributed by atoms with Crippen molar-refractivity contribution in [3.63, 3.8) is 0 Å². The summed E-state index contributed by atoms with van der Waals surface area (Å²) in [7, 11) is 0. The molecule has 4 heteroatoms. The van der Waals surface area contributed by atoms with E-state index in [0.29, 0.717) is 18.0 Å². The predicted octanol–water partition coefficient (Wildman–Crippen LogP) is 2.72. The van der Waals surface area contributed by atoms with Crippen LogP contribution in [-0.4, -0.2) is 49.7 Å². The second-order valence-corrected chi connectivity index (χ2v) is 7.68. The molecular formula is C18H32N2O2. The number of hydrogen-bond donors (Lipinski definition) is 1.